The minimum atomic E-state index is -0.535. The predicted octanol–water partition coefficient (Wildman–Crippen LogP) is 4.03. The maximum atomic E-state index is 12.7. The van der Waals surface area contributed by atoms with E-state index in [1.54, 1.807) is 4.90 Å². The second-order valence-electron chi connectivity index (χ2n) is 5.08. The summed E-state index contributed by atoms with van der Waals surface area (Å²) in [5.41, 5.74) is 0.123. The fourth-order valence-corrected chi connectivity index (χ4v) is 3.34. The average molecular weight is 376 g/mol. The van der Waals surface area contributed by atoms with Crippen LogP contribution in [-0.4, -0.2) is 33.6 Å². The number of halogens is 2. The molecule has 0 aromatic heterocycles. The zero-order valence-corrected chi connectivity index (χ0v) is 13.8. The Kier molecular flexibility index (Phi) is 5.58. The Morgan fingerprint density at radius 1 is 1.38 bits per heavy atom. The zero-order valence-electron chi connectivity index (χ0n) is 11.4. The van der Waals surface area contributed by atoms with E-state index < -0.39 is 4.92 Å². The maximum Gasteiger partial charge on any atom is 0.271 e. The molecule has 5 nitrogen and oxygen atoms in total. The lowest BCUT2D eigenvalue weighted by Crippen LogP contribution is -2.40. The van der Waals surface area contributed by atoms with Crippen LogP contribution >= 0.6 is 27.5 Å². The van der Waals surface area contributed by atoms with Gasteiger partial charge in [-0.3, -0.25) is 14.9 Å². The first-order valence-electron chi connectivity index (χ1n) is 6.85. The third kappa shape index (κ3) is 3.95. The van der Waals surface area contributed by atoms with Gasteiger partial charge in [-0.2, -0.15) is 0 Å². The molecule has 0 spiro atoms. The lowest BCUT2D eigenvalue weighted by atomic mass is 10.1. The highest BCUT2D eigenvalue weighted by Gasteiger charge is 2.28. The van der Waals surface area contributed by atoms with Crippen molar-refractivity contribution in [2.24, 2.45) is 0 Å². The van der Waals surface area contributed by atoms with Crippen LogP contribution in [0.3, 0.4) is 0 Å². The second kappa shape index (κ2) is 7.22. The largest absolute Gasteiger partial charge is 0.335 e. The molecular formula is C14H16BrClN2O3. The summed E-state index contributed by atoms with van der Waals surface area (Å²) in [5, 5.41) is 11.8. The van der Waals surface area contributed by atoms with Crippen LogP contribution in [0.15, 0.2) is 18.2 Å². The summed E-state index contributed by atoms with van der Waals surface area (Å²) < 4.78 is 0. The van der Waals surface area contributed by atoms with Crippen molar-refractivity contribution in [2.75, 3.05) is 11.9 Å². The molecule has 0 N–H and O–H groups in total. The average Bonchev–Trinajstić information content (AvgIpc) is 2.97. The van der Waals surface area contributed by atoms with Gasteiger partial charge in [0.05, 0.1) is 4.92 Å². The number of alkyl halides is 1. The first-order valence-corrected chi connectivity index (χ1v) is 8.35. The van der Waals surface area contributed by atoms with Gasteiger partial charge in [-0.05, 0) is 18.9 Å². The minimum Gasteiger partial charge on any atom is -0.335 e. The summed E-state index contributed by atoms with van der Waals surface area (Å²) in [6.07, 6.45) is 4.21. The number of carbonyl (C=O) groups excluding carboxylic acids is 1. The molecule has 114 valence electrons. The van der Waals surface area contributed by atoms with Crippen LogP contribution in [0.2, 0.25) is 5.02 Å². The van der Waals surface area contributed by atoms with Gasteiger partial charge >= 0.3 is 0 Å². The monoisotopic (exact) mass is 374 g/mol. The molecule has 2 rings (SSSR count). The number of hydrogen-bond acceptors (Lipinski definition) is 3. The van der Waals surface area contributed by atoms with Gasteiger partial charge in [0.2, 0.25) is 0 Å². The van der Waals surface area contributed by atoms with Crippen molar-refractivity contribution in [1.29, 1.82) is 0 Å². The molecule has 0 unspecified atom stereocenters. The van der Waals surface area contributed by atoms with Gasteiger partial charge in [0, 0.05) is 40.6 Å². The summed E-state index contributed by atoms with van der Waals surface area (Å²) in [7, 11) is 0. The Balaban J connectivity index is 2.29. The molecule has 1 aromatic rings. The van der Waals surface area contributed by atoms with Crippen molar-refractivity contribution in [3.63, 3.8) is 0 Å². The number of carbonyl (C=O) groups is 1. The van der Waals surface area contributed by atoms with E-state index in [1.165, 1.54) is 18.2 Å². The highest BCUT2D eigenvalue weighted by molar-refractivity contribution is 9.09. The Morgan fingerprint density at radius 2 is 2.05 bits per heavy atom. The molecule has 0 aliphatic heterocycles. The van der Waals surface area contributed by atoms with Crippen LogP contribution in [0, 0.1) is 10.1 Å². The number of nitro groups is 1. The topological polar surface area (TPSA) is 63.4 Å². The molecule has 7 heteroatoms. The van der Waals surface area contributed by atoms with Gasteiger partial charge in [-0.15, -0.1) is 0 Å². The zero-order chi connectivity index (χ0) is 15.4. The molecule has 0 saturated heterocycles. The number of nitrogens with zero attached hydrogens (tertiary/aromatic N) is 2. The molecule has 0 heterocycles. The van der Waals surface area contributed by atoms with E-state index in [0.29, 0.717) is 11.9 Å². The van der Waals surface area contributed by atoms with Crippen molar-refractivity contribution in [3.05, 3.63) is 38.9 Å². The summed E-state index contributed by atoms with van der Waals surface area (Å²) in [6, 6.07) is 4.26. The normalized spacial score (nSPS) is 15.1. The van der Waals surface area contributed by atoms with Crippen molar-refractivity contribution in [1.82, 2.24) is 4.90 Å². The van der Waals surface area contributed by atoms with Gasteiger partial charge in [0.1, 0.15) is 0 Å². The SMILES string of the molecule is O=C(c1cc(Cl)cc([N+](=O)[O-])c1)N(CCBr)C1CCCC1. The van der Waals surface area contributed by atoms with E-state index in [2.05, 4.69) is 15.9 Å². The summed E-state index contributed by atoms with van der Waals surface area (Å²) >= 11 is 9.26. The number of nitro benzene ring substituents is 1. The molecule has 1 aliphatic carbocycles. The van der Waals surface area contributed by atoms with Crippen molar-refractivity contribution >= 4 is 39.1 Å². The van der Waals surface area contributed by atoms with E-state index >= 15 is 0 Å². The molecule has 1 aromatic carbocycles. The van der Waals surface area contributed by atoms with E-state index in [-0.39, 0.29) is 28.2 Å². The van der Waals surface area contributed by atoms with Gasteiger partial charge < -0.3 is 4.90 Å². The summed E-state index contributed by atoms with van der Waals surface area (Å²) in [5.74, 6) is -0.188. The van der Waals surface area contributed by atoms with Crippen molar-refractivity contribution in [3.8, 4) is 0 Å². The fraction of sp³-hybridized carbons (Fsp3) is 0.500. The number of benzene rings is 1. The summed E-state index contributed by atoms with van der Waals surface area (Å²) in [6.45, 7) is 0.587. The maximum absolute atomic E-state index is 12.7. The van der Waals surface area contributed by atoms with Gasteiger partial charge in [0.25, 0.3) is 11.6 Å². The molecule has 1 amide bonds. The number of hydrogen-bond donors (Lipinski definition) is 0. The lowest BCUT2D eigenvalue weighted by Gasteiger charge is -2.28. The Bertz CT molecular complexity index is 547. The second-order valence-corrected chi connectivity index (χ2v) is 6.31. The smallest absolute Gasteiger partial charge is 0.271 e. The predicted molar refractivity (Wildman–Crippen MR) is 85.2 cm³/mol. The molecule has 21 heavy (non-hydrogen) atoms. The molecule has 1 fully saturated rings. The first-order chi connectivity index (χ1) is 10.0. The molecular weight excluding hydrogens is 360 g/mol. The fourth-order valence-electron chi connectivity index (χ4n) is 2.73. The third-order valence-electron chi connectivity index (χ3n) is 3.69. The van der Waals surface area contributed by atoms with Gasteiger partial charge in [0.15, 0.2) is 0 Å². The van der Waals surface area contributed by atoms with Crippen LogP contribution in [-0.2, 0) is 0 Å². The summed E-state index contributed by atoms with van der Waals surface area (Å²) in [4.78, 5) is 24.8. The molecule has 1 saturated carbocycles. The van der Waals surface area contributed by atoms with Crippen LogP contribution in [0.1, 0.15) is 36.0 Å². The lowest BCUT2D eigenvalue weighted by molar-refractivity contribution is -0.384. The standard InChI is InChI=1S/C14H16BrClN2O3/c15-5-6-17(12-3-1-2-4-12)14(19)10-7-11(16)9-13(8-10)18(20)21/h7-9,12H,1-6H2. The molecule has 0 atom stereocenters. The molecule has 0 radical (unpaired) electrons. The van der Waals surface area contributed by atoms with E-state index in [9.17, 15) is 14.9 Å². The van der Waals surface area contributed by atoms with Crippen molar-refractivity contribution < 1.29 is 9.72 Å². The number of rotatable bonds is 5. The quantitative estimate of drug-likeness (QED) is 0.443. The minimum absolute atomic E-state index is 0.156. The van der Waals surface area contributed by atoms with Crippen molar-refractivity contribution in [2.45, 2.75) is 31.7 Å². The van der Waals surface area contributed by atoms with E-state index in [1.807, 2.05) is 0 Å². The number of non-ortho nitro benzene ring substituents is 1. The van der Waals surface area contributed by atoms with E-state index in [4.69, 9.17) is 11.6 Å². The van der Waals surface area contributed by atoms with Gasteiger partial charge in [-0.1, -0.05) is 40.4 Å². The Labute approximate surface area is 136 Å². The van der Waals surface area contributed by atoms with Crippen LogP contribution in [0.25, 0.3) is 0 Å². The Morgan fingerprint density at radius 3 is 2.62 bits per heavy atom. The van der Waals surface area contributed by atoms with E-state index in [0.717, 1.165) is 25.7 Å². The van der Waals surface area contributed by atoms with Crippen LogP contribution in [0.5, 0.6) is 0 Å². The highest BCUT2D eigenvalue weighted by Crippen LogP contribution is 2.27. The first kappa shape index (κ1) is 16.2. The molecule has 0 bridgehead atoms. The number of amides is 1. The van der Waals surface area contributed by atoms with Crippen LogP contribution in [0.4, 0.5) is 5.69 Å². The third-order valence-corrected chi connectivity index (χ3v) is 4.26. The van der Waals surface area contributed by atoms with Crippen LogP contribution < -0.4 is 0 Å². The highest BCUT2D eigenvalue weighted by atomic mass is 79.9. The molecule has 1 aliphatic rings. The Hall–Kier alpha value is -1.14. The van der Waals surface area contributed by atoms with Gasteiger partial charge in [-0.25, -0.2) is 0 Å².